The van der Waals surface area contributed by atoms with E-state index in [1.165, 1.54) is 11.5 Å². The van der Waals surface area contributed by atoms with Crippen molar-refractivity contribution >= 4 is 28.4 Å². The number of amides is 1. The number of hydrogen-bond donors (Lipinski definition) is 4. The van der Waals surface area contributed by atoms with Gasteiger partial charge in [0.05, 0.1) is 11.2 Å². The fourth-order valence-corrected chi connectivity index (χ4v) is 3.53. The van der Waals surface area contributed by atoms with Crippen LogP contribution in [0, 0.1) is 0 Å². The van der Waals surface area contributed by atoms with Gasteiger partial charge < -0.3 is 20.5 Å². The highest BCUT2D eigenvalue weighted by atomic mass is 16.3. The van der Waals surface area contributed by atoms with Crippen molar-refractivity contribution in [3.63, 3.8) is 0 Å². The van der Waals surface area contributed by atoms with Gasteiger partial charge in [-0.3, -0.25) is 14.2 Å². The second-order valence-electron chi connectivity index (χ2n) is 7.09. The second-order valence-corrected chi connectivity index (χ2v) is 7.09. The molecule has 4 N–H and O–H groups in total. The van der Waals surface area contributed by atoms with Crippen LogP contribution in [0.1, 0.15) is 33.3 Å². The third-order valence-electron chi connectivity index (χ3n) is 5.05. The van der Waals surface area contributed by atoms with Crippen LogP contribution in [-0.2, 0) is 12.8 Å². The van der Waals surface area contributed by atoms with Crippen LogP contribution in [0.3, 0.4) is 0 Å². The second kappa shape index (κ2) is 7.79. The topological polar surface area (TPSA) is 107 Å². The van der Waals surface area contributed by atoms with Crippen LogP contribution in [0.15, 0.2) is 60.8 Å². The van der Waals surface area contributed by atoms with Crippen molar-refractivity contribution in [1.82, 2.24) is 9.55 Å². The first-order valence-corrected chi connectivity index (χ1v) is 9.54. The molecule has 0 aliphatic carbocycles. The lowest BCUT2D eigenvalue weighted by molar-refractivity contribution is 0.0940. The number of carbonyl (C=O) groups is 2. The van der Waals surface area contributed by atoms with E-state index in [1.807, 2.05) is 30.3 Å². The monoisotopic (exact) mass is 403 g/mol. The van der Waals surface area contributed by atoms with E-state index in [2.05, 4.69) is 10.3 Å². The number of aromatic amines is 1. The number of fused-ring (bicyclic) bond motifs is 1. The normalized spacial score (nSPS) is 11.0. The summed E-state index contributed by atoms with van der Waals surface area (Å²) in [7, 11) is 0. The molecule has 7 nitrogen and oxygen atoms in total. The van der Waals surface area contributed by atoms with Crippen LogP contribution in [-0.4, -0.2) is 31.6 Å². The Bertz CT molecular complexity index is 1240. The van der Waals surface area contributed by atoms with E-state index in [0.29, 0.717) is 24.2 Å². The molecule has 0 bridgehead atoms. The molecule has 2 aromatic carbocycles. The summed E-state index contributed by atoms with van der Waals surface area (Å²) in [6.45, 7) is 1.47. The molecule has 30 heavy (non-hydrogen) atoms. The van der Waals surface area contributed by atoms with Crippen LogP contribution in [0.5, 0.6) is 11.6 Å². The minimum Gasteiger partial charge on any atom is -0.505 e. The quantitative estimate of drug-likeness (QED) is 0.403. The Kier molecular flexibility index (Phi) is 5.02. The standard InChI is InChI=1S/C23H21N3O4/c1-14(27)26-12-11-16-13-17(8-10-19(16)26)24-22(29)20-21(28)18(25-23(20)30)9-7-15-5-3-2-4-6-15/h2-6,8,10-13,25,28,30H,7,9H2,1H3,(H,24,29). The maximum atomic E-state index is 12.7. The van der Waals surface area contributed by atoms with Crippen LogP contribution in [0.25, 0.3) is 10.9 Å². The molecule has 2 heterocycles. The molecule has 0 saturated heterocycles. The fraction of sp³-hybridized carbons (Fsp3) is 0.130. The number of aryl methyl sites for hydroxylation is 2. The van der Waals surface area contributed by atoms with Gasteiger partial charge in [0, 0.05) is 24.2 Å². The molecule has 0 fully saturated rings. The summed E-state index contributed by atoms with van der Waals surface area (Å²) < 4.78 is 1.52. The van der Waals surface area contributed by atoms with Crippen molar-refractivity contribution in [2.45, 2.75) is 19.8 Å². The number of hydrogen-bond acceptors (Lipinski definition) is 4. The molecule has 0 aliphatic rings. The fourth-order valence-electron chi connectivity index (χ4n) is 3.53. The Hall–Kier alpha value is -4.00. The molecule has 0 spiro atoms. The van der Waals surface area contributed by atoms with E-state index in [1.54, 1.807) is 30.5 Å². The van der Waals surface area contributed by atoms with Gasteiger partial charge in [0.15, 0.2) is 5.75 Å². The third-order valence-corrected chi connectivity index (χ3v) is 5.05. The molecule has 0 saturated carbocycles. The summed E-state index contributed by atoms with van der Waals surface area (Å²) in [5, 5.41) is 24.1. The summed E-state index contributed by atoms with van der Waals surface area (Å²) in [5.41, 5.74) is 2.51. The SMILES string of the molecule is CC(=O)n1ccc2cc(NC(=O)c3c(O)[nH]c(CCc4ccccc4)c3O)ccc21. The average Bonchev–Trinajstić information content (AvgIpc) is 3.27. The van der Waals surface area contributed by atoms with E-state index in [0.717, 1.165) is 16.5 Å². The largest absolute Gasteiger partial charge is 0.505 e. The Balaban J connectivity index is 1.52. The number of carbonyl (C=O) groups excluding carboxylic acids is 2. The van der Waals surface area contributed by atoms with Crippen molar-refractivity contribution in [3.05, 3.63) is 77.6 Å². The van der Waals surface area contributed by atoms with Crippen LogP contribution >= 0.6 is 0 Å². The smallest absolute Gasteiger partial charge is 0.264 e. The zero-order chi connectivity index (χ0) is 21.3. The first-order valence-electron chi connectivity index (χ1n) is 9.54. The number of nitrogens with one attached hydrogen (secondary N) is 2. The van der Waals surface area contributed by atoms with E-state index < -0.39 is 5.91 Å². The number of nitrogens with zero attached hydrogens (tertiary/aromatic N) is 1. The van der Waals surface area contributed by atoms with Crippen molar-refractivity contribution < 1.29 is 19.8 Å². The molecule has 0 unspecified atom stereocenters. The van der Waals surface area contributed by atoms with Gasteiger partial charge in [0.25, 0.3) is 5.91 Å². The van der Waals surface area contributed by atoms with Crippen molar-refractivity contribution in [2.75, 3.05) is 5.32 Å². The predicted octanol–water partition coefficient (Wildman–Crippen LogP) is 4.08. The van der Waals surface area contributed by atoms with Gasteiger partial charge >= 0.3 is 0 Å². The van der Waals surface area contributed by atoms with Crippen molar-refractivity contribution in [2.24, 2.45) is 0 Å². The Labute approximate surface area is 172 Å². The zero-order valence-corrected chi connectivity index (χ0v) is 16.3. The molecule has 4 aromatic rings. The molecular formula is C23H21N3O4. The Morgan fingerprint density at radius 3 is 2.53 bits per heavy atom. The van der Waals surface area contributed by atoms with Gasteiger partial charge in [0.1, 0.15) is 5.56 Å². The molecule has 2 aromatic heterocycles. The molecule has 0 atom stereocenters. The minimum absolute atomic E-state index is 0.105. The van der Waals surface area contributed by atoms with E-state index in [4.69, 9.17) is 0 Å². The van der Waals surface area contributed by atoms with Crippen LogP contribution < -0.4 is 5.32 Å². The number of H-pyrrole nitrogens is 1. The average molecular weight is 403 g/mol. The molecule has 152 valence electrons. The van der Waals surface area contributed by atoms with Crippen LogP contribution in [0.2, 0.25) is 0 Å². The van der Waals surface area contributed by atoms with Gasteiger partial charge in [-0.25, -0.2) is 0 Å². The minimum atomic E-state index is -0.627. The number of aromatic nitrogens is 2. The van der Waals surface area contributed by atoms with Gasteiger partial charge in [0.2, 0.25) is 11.8 Å². The van der Waals surface area contributed by atoms with Crippen molar-refractivity contribution in [3.8, 4) is 11.6 Å². The molecule has 0 radical (unpaired) electrons. The summed E-state index contributed by atoms with van der Waals surface area (Å²) in [6, 6.07) is 16.6. The summed E-state index contributed by atoms with van der Waals surface area (Å²) >= 11 is 0. The van der Waals surface area contributed by atoms with Crippen molar-refractivity contribution in [1.29, 1.82) is 0 Å². The molecule has 1 amide bonds. The highest BCUT2D eigenvalue weighted by molar-refractivity contribution is 6.09. The summed E-state index contributed by atoms with van der Waals surface area (Å²) in [5.74, 6) is -1.37. The summed E-state index contributed by atoms with van der Waals surface area (Å²) in [6.07, 6.45) is 2.77. The molecule has 0 aliphatic heterocycles. The lowest BCUT2D eigenvalue weighted by Gasteiger charge is -2.06. The number of benzene rings is 2. The molecule has 4 rings (SSSR count). The predicted molar refractivity (Wildman–Crippen MR) is 114 cm³/mol. The van der Waals surface area contributed by atoms with Gasteiger partial charge in [-0.1, -0.05) is 30.3 Å². The van der Waals surface area contributed by atoms with E-state index >= 15 is 0 Å². The number of rotatable bonds is 5. The Morgan fingerprint density at radius 1 is 1.03 bits per heavy atom. The van der Waals surface area contributed by atoms with Gasteiger partial charge in [-0.15, -0.1) is 0 Å². The Morgan fingerprint density at radius 2 is 1.80 bits per heavy atom. The summed E-state index contributed by atoms with van der Waals surface area (Å²) in [4.78, 5) is 27.0. The van der Waals surface area contributed by atoms with E-state index in [-0.39, 0.29) is 23.1 Å². The van der Waals surface area contributed by atoms with Gasteiger partial charge in [-0.2, -0.15) is 0 Å². The highest BCUT2D eigenvalue weighted by Gasteiger charge is 2.23. The molecular weight excluding hydrogens is 382 g/mol. The van der Waals surface area contributed by atoms with Crippen LogP contribution in [0.4, 0.5) is 5.69 Å². The number of aromatic hydroxyl groups is 2. The van der Waals surface area contributed by atoms with Gasteiger partial charge in [-0.05, 0) is 42.7 Å². The zero-order valence-electron chi connectivity index (χ0n) is 16.3. The lowest BCUT2D eigenvalue weighted by atomic mass is 10.1. The third kappa shape index (κ3) is 3.65. The maximum absolute atomic E-state index is 12.7. The first-order chi connectivity index (χ1) is 14.4. The van der Waals surface area contributed by atoms with E-state index in [9.17, 15) is 19.8 Å². The first kappa shape index (κ1) is 19.3. The number of anilines is 1. The highest BCUT2D eigenvalue weighted by Crippen LogP contribution is 2.32. The molecule has 7 heteroatoms. The maximum Gasteiger partial charge on any atom is 0.264 e. The lowest BCUT2D eigenvalue weighted by Crippen LogP contribution is -2.11.